The molecule has 2 aliphatic rings. The highest BCUT2D eigenvalue weighted by atomic mass is 17.2. The van der Waals surface area contributed by atoms with Crippen LogP contribution < -0.4 is 0 Å². The summed E-state index contributed by atoms with van der Waals surface area (Å²) in [5, 5.41) is 29.9. The van der Waals surface area contributed by atoms with Crippen LogP contribution >= 0.6 is 0 Å². The molecular weight excluding hydrogens is 620 g/mol. The molecule has 5 nitrogen and oxygen atoms in total. The van der Waals surface area contributed by atoms with Crippen molar-refractivity contribution >= 4 is 0 Å². The summed E-state index contributed by atoms with van der Waals surface area (Å²) < 4.78 is 0. The number of benzene rings is 1. The highest BCUT2D eigenvalue weighted by molar-refractivity contribution is 5.42. The molecule has 5 heteroatoms. The molecule has 50 heavy (non-hydrogen) atoms. The van der Waals surface area contributed by atoms with Gasteiger partial charge in [0.05, 0.1) is 24.4 Å². The van der Waals surface area contributed by atoms with Crippen LogP contribution in [0.4, 0.5) is 0 Å². The molecule has 0 spiro atoms. The maximum atomic E-state index is 11.0. The van der Waals surface area contributed by atoms with E-state index in [1.165, 1.54) is 121 Å². The Labute approximate surface area is 308 Å². The predicted octanol–water partition coefficient (Wildman–Crippen LogP) is 11.7. The Balaban J connectivity index is 1.16. The van der Waals surface area contributed by atoms with Gasteiger partial charge in [0.2, 0.25) is 0 Å². The fourth-order valence-corrected chi connectivity index (χ4v) is 9.34. The summed E-state index contributed by atoms with van der Waals surface area (Å²) in [6, 6.07) is 7.27. The number of rotatable bonds is 27. The van der Waals surface area contributed by atoms with E-state index in [1.54, 1.807) is 18.1 Å². The van der Waals surface area contributed by atoms with E-state index in [-0.39, 0.29) is 24.0 Å². The second kappa shape index (κ2) is 21.7. The van der Waals surface area contributed by atoms with Crippen LogP contribution in [0.2, 0.25) is 0 Å². The minimum absolute atomic E-state index is 0.0849. The van der Waals surface area contributed by atoms with Crippen molar-refractivity contribution < 1.29 is 25.1 Å². The third-order valence-corrected chi connectivity index (χ3v) is 12.8. The van der Waals surface area contributed by atoms with Gasteiger partial charge in [-0.3, -0.25) is 0 Å². The molecule has 0 heterocycles. The Bertz CT molecular complexity index is 1070. The zero-order valence-electron chi connectivity index (χ0n) is 33.6. The van der Waals surface area contributed by atoms with Crippen molar-refractivity contribution in [1.82, 2.24) is 0 Å². The van der Waals surface area contributed by atoms with Crippen LogP contribution in [-0.2, 0) is 21.6 Å². The first-order chi connectivity index (χ1) is 23.8. The van der Waals surface area contributed by atoms with Crippen molar-refractivity contribution in [2.24, 2.45) is 11.3 Å². The Morgan fingerprint density at radius 3 is 1.72 bits per heavy atom. The summed E-state index contributed by atoms with van der Waals surface area (Å²) in [4.78, 5) is 11.7. The predicted molar refractivity (Wildman–Crippen MR) is 210 cm³/mol. The van der Waals surface area contributed by atoms with Gasteiger partial charge < -0.3 is 15.3 Å². The van der Waals surface area contributed by atoms with Crippen molar-refractivity contribution in [3.05, 3.63) is 34.9 Å². The molecule has 0 bridgehead atoms. The maximum absolute atomic E-state index is 11.0. The lowest BCUT2D eigenvalue weighted by atomic mass is 9.50. The van der Waals surface area contributed by atoms with Gasteiger partial charge in [-0.15, -0.1) is 0 Å². The average molecular weight is 701 g/mol. The average Bonchev–Trinajstić information content (AvgIpc) is 3.07. The van der Waals surface area contributed by atoms with Crippen LogP contribution in [0, 0.1) is 11.3 Å². The second-order valence-corrected chi connectivity index (χ2v) is 18.3. The van der Waals surface area contributed by atoms with Crippen LogP contribution in [0.1, 0.15) is 212 Å². The van der Waals surface area contributed by atoms with Crippen LogP contribution in [0.5, 0.6) is 0 Å². The zero-order valence-corrected chi connectivity index (χ0v) is 33.6. The maximum Gasteiger partial charge on any atom is 0.111 e. The first-order valence-electron chi connectivity index (χ1n) is 21.3. The van der Waals surface area contributed by atoms with E-state index in [0.717, 1.165) is 32.1 Å². The van der Waals surface area contributed by atoms with Gasteiger partial charge in [0.1, 0.15) is 6.61 Å². The molecule has 5 atom stereocenters. The molecule has 0 aliphatic heterocycles. The second-order valence-electron chi connectivity index (χ2n) is 18.3. The number of hydrogen-bond acceptors (Lipinski definition) is 5. The molecule has 1 fully saturated rings. The minimum Gasteiger partial charge on any atom is -0.393 e. The molecular formula is C45H80O5. The number of unbranched alkanes of at least 4 members (excludes halogenated alkanes) is 16. The molecule has 0 amide bonds. The minimum atomic E-state index is -0.894. The molecule has 0 saturated heterocycles. The lowest BCUT2D eigenvalue weighted by molar-refractivity contribution is -0.333. The third-order valence-electron chi connectivity index (χ3n) is 12.8. The molecule has 1 aromatic rings. The largest absolute Gasteiger partial charge is 0.393 e. The molecule has 0 radical (unpaired) electrons. The number of aliphatic hydroxyl groups excluding tert-OH is 1. The zero-order chi connectivity index (χ0) is 36.5. The quantitative estimate of drug-likeness (QED) is 0.0484. The summed E-state index contributed by atoms with van der Waals surface area (Å²) in [6.07, 6.45) is 29.3. The SMILES string of the molecule is CC(C)c1ccc2c(c1)CCC1C(C)(COOCC(C)(O)CCCCCCCCCCCCCCCCCCCC(C)(O)CO)CCCC21C. The monoisotopic (exact) mass is 701 g/mol. The van der Waals surface area contributed by atoms with Crippen molar-refractivity contribution in [2.45, 2.75) is 218 Å². The third kappa shape index (κ3) is 14.4. The van der Waals surface area contributed by atoms with Crippen LogP contribution in [-0.4, -0.2) is 46.3 Å². The van der Waals surface area contributed by atoms with Gasteiger partial charge in [-0.25, -0.2) is 9.78 Å². The highest BCUT2D eigenvalue weighted by Crippen LogP contribution is 2.57. The number of aryl methyl sites for hydroxylation is 1. The van der Waals surface area contributed by atoms with Gasteiger partial charge in [0.25, 0.3) is 0 Å². The van der Waals surface area contributed by atoms with Gasteiger partial charge >= 0.3 is 0 Å². The Kier molecular flexibility index (Phi) is 18.8. The van der Waals surface area contributed by atoms with Gasteiger partial charge in [-0.1, -0.05) is 161 Å². The summed E-state index contributed by atoms with van der Waals surface area (Å²) in [5.74, 6) is 1.15. The Morgan fingerprint density at radius 1 is 0.720 bits per heavy atom. The fourth-order valence-electron chi connectivity index (χ4n) is 9.34. The normalized spacial score (nSPS) is 24.5. The molecule has 1 aromatic carbocycles. The van der Waals surface area contributed by atoms with E-state index in [1.807, 2.05) is 6.92 Å². The van der Waals surface area contributed by atoms with Gasteiger partial charge in [0.15, 0.2) is 0 Å². The Morgan fingerprint density at radius 2 is 1.22 bits per heavy atom. The summed E-state index contributed by atoms with van der Waals surface area (Å²) in [6.45, 7) is 13.8. The first kappa shape index (κ1) is 43.4. The molecule has 0 aromatic heterocycles. The molecule has 1 saturated carbocycles. The van der Waals surface area contributed by atoms with Crippen molar-refractivity contribution in [2.75, 3.05) is 19.8 Å². The van der Waals surface area contributed by atoms with Crippen molar-refractivity contribution in [1.29, 1.82) is 0 Å². The van der Waals surface area contributed by atoms with Crippen molar-refractivity contribution in [3.63, 3.8) is 0 Å². The van der Waals surface area contributed by atoms with Gasteiger partial charge in [-0.2, -0.15) is 0 Å². The molecule has 5 unspecified atom stereocenters. The molecule has 3 rings (SSSR count). The van der Waals surface area contributed by atoms with E-state index >= 15 is 0 Å². The molecule has 2 aliphatic carbocycles. The number of aliphatic hydroxyl groups is 3. The van der Waals surface area contributed by atoms with E-state index in [4.69, 9.17) is 14.9 Å². The fraction of sp³-hybridized carbons (Fsp3) is 0.867. The Hall–Kier alpha value is -0.980. The summed E-state index contributed by atoms with van der Waals surface area (Å²) in [5.41, 5.74) is 3.13. The van der Waals surface area contributed by atoms with Gasteiger partial charge in [-0.05, 0) is 91.7 Å². The molecule has 3 N–H and O–H groups in total. The van der Waals surface area contributed by atoms with E-state index in [9.17, 15) is 10.2 Å². The number of fused-ring (bicyclic) bond motifs is 3. The van der Waals surface area contributed by atoms with Crippen LogP contribution in [0.15, 0.2) is 18.2 Å². The summed E-state index contributed by atoms with van der Waals surface area (Å²) in [7, 11) is 0. The van der Waals surface area contributed by atoms with Crippen LogP contribution in [0.25, 0.3) is 0 Å². The van der Waals surface area contributed by atoms with E-state index in [0.29, 0.717) is 24.9 Å². The molecule has 290 valence electrons. The van der Waals surface area contributed by atoms with Crippen molar-refractivity contribution in [3.8, 4) is 0 Å². The van der Waals surface area contributed by atoms with Gasteiger partial charge in [0, 0.05) is 0 Å². The van der Waals surface area contributed by atoms with E-state index in [2.05, 4.69) is 45.9 Å². The number of hydrogen-bond donors (Lipinski definition) is 3. The van der Waals surface area contributed by atoms with Crippen LogP contribution in [0.3, 0.4) is 0 Å². The topological polar surface area (TPSA) is 79.2 Å². The highest BCUT2D eigenvalue weighted by Gasteiger charge is 2.52. The lowest BCUT2D eigenvalue weighted by Crippen LogP contribution is -2.51. The first-order valence-corrected chi connectivity index (χ1v) is 21.3. The summed E-state index contributed by atoms with van der Waals surface area (Å²) >= 11 is 0. The van der Waals surface area contributed by atoms with E-state index < -0.39 is 11.2 Å². The lowest BCUT2D eigenvalue weighted by Gasteiger charge is -2.55. The smallest absolute Gasteiger partial charge is 0.111 e. The standard InChI is InChI=1S/C45H80O5/c1-37(2)38-25-27-40-39(33-38)26-28-41-42(3,29-24-32-45(40,41)6)35-49-50-36-44(5,48)31-23-21-19-17-15-13-11-9-7-8-10-12-14-16-18-20-22-30-43(4,47)34-46/h25,27,33,37,41,46-48H,7-24,26,28-32,34-36H2,1-6H3.